The summed E-state index contributed by atoms with van der Waals surface area (Å²) in [5.74, 6) is 0.423. The van der Waals surface area contributed by atoms with Crippen molar-refractivity contribution in [3.63, 3.8) is 0 Å². The summed E-state index contributed by atoms with van der Waals surface area (Å²) in [6, 6.07) is 18.6. The Balaban J connectivity index is 1.79. The van der Waals surface area contributed by atoms with E-state index in [0.29, 0.717) is 17.9 Å². The highest BCUT2D eigenvalue weighted by atomic mass is 19.1. The van der Waals surface area contributed by atoms with Crippen molar-refractivity contribution in [2.75, 3.05) is 13.1 Å². The van der Waals surface area contributed by atoms with Crippen LogP contribution in [-0.4, -0.2) is 34.7 Å². The Morgan fingerprint density at radius 2 is 1.68 bits per heavy atom. The molecule has 6 heteroatoms. The first-order valence-electron chi connectivity index (χ1n) is 9.99. The van der Waals surface area contributed by atoms with Crippen molar-refractivity contribution < 1.29 is 18.4 Å². The maximum Gasteiger partial charge on any atom is 0.254 e. The number of amides is 2. The van der Waals surface area contributed by atoms with Crippen LogP contribution in [0.1, 0.15) is 27.4 Å². The van der Waals surface area contributed by atoms with Crippen LogP contribution in [0.3, 0.4) is 0 Å². The zero-order chi connectivity index (χ0) is 22.2. The Morgan fingerprint density at radius 1 is 0.968 bits per heavy atom. The minimum absolute atomic E-state index is 0.130. The van der Waals surface area contributed by atoms with Crippen LogP contribution >= 0.6 is 0 Å². The number of hydrogen-bond donors (Lipinski definition) is 0. The number of carbonyl (C=O) groups is 2. The molecule has 0 aliphatic carbocycles. The summed E-state index contributed by atoms with van der Waals surface area (Å²) in [6.07, 6.45) is 1.56. The molecule has 1 heterocycles. The SMILES string of the molecule is C=CCN(CC(=O)N(Cc1ccccc1)Cc1ccc(C)o1)C(=O)c1ccc(F)cc1. The second-order valence-electron chi connectivity index (χ2n) is 7.23. The molecule has 0 spiro atoms. The van der Waals surface area contributed by atoms with Crippen molar-refractivity contribution in [3.05, 3.63) is 108 Å². The Morgan fingerprint density at radius 3 is 2.29 bits per heavy atom. The normalized spacial score (nSPS) is 10.5. The number of nitrogens with zero attached hydrogens (tertiary/aromatic N) is 2. The van der Waals surface area contributed by atoms with Crippen molar-refractivity contribution in [1.29, 1.82) is 0 Å². The first-order chi connectivity index (χ1) is 15.0. The van der Waals surface area contributed by atoms with Gasteiger partial charge >= 0.3 is 0 Å². The van der Waals surface area contributed by atoms with Crippen LogP contribution in [0.15, 0.2) is 83.8 Å². The van der Waals surface area contributed by atoms with Gasteiger partial charge in [0.1, 0.15) is 23.9 Å². The standard InChI is InChI=1S/C25H25FN2O3/c1-3-15-27(25(30)21-10-12-22(26)13-11-21)18-24(29)28(16-20-7-5-4-6-8-20)17-23-14-9-19(2)31-23/h3-14H,1,15-18H2,2H3. The van der Waals surface area contributed by atoms with Gasteiger partial charge in [-0.3, -0.25) is 9.59 Å². The molecule has 160 valence electrons. The molecule has 0 saturated heterocycles. The molecule has 3 aromatic rings. The maximum absolute atomic E-state index is 13.2. The van der Waals surface area contributed by atoms with Crippen LogP contribution in [0.25, 0.3) is 0 Å². The monoisotopic (exact) mass is 420 g/mol. The fourth-order valence-corrected chi connectivity index (χ4v) is 3.21. The fraction of sp³-hybridized carbons (Fsp3) is 0.200. The molecule has 0 unspecified atom stereocenters. The minimum atomic E-state index is -0.425. The van der Waals surface area contributed by atoms with E-state index in [1.54, 1.807) is 11.0 Å². The fourth-order valence-electron chi connectivity index (χ4n) is 3.21. The number of rotatable bonds is 9. The van der Waals surface area contributed by atoms with E-state index < -0.39 is 5.82 Å². The smallest absolute Gasteiger partial charge is 0.254 e. The van der Waals surface area contributed by atoms with Crippen molar-refractivity contribution in [3.8, 4) is 0 Å². The topological polar surface area (TPSA) is 53.8 Å². The van der Waals surface area contributed by atoms with Crippen molar-refractivity contribution in [2.24, 2.45) is 0 Å². The molecule has 5 nitrogen and oxygen atoms in total. The first-order valence-corrected chi connectivity index (χ1v) is 9.99. The van der Waals surface area contributed by atoms with E-state index in [2.05, 4.69) is 6.58 Å². The predicted molar refractivity (Wildman–Crippen MR) is 117 cm³/mol. The van der Waals surface area contributed by atoms with E-state index in [4.69, 9.17) is 4.42 Å². The van der Waals surface area contributed by atoms with Gasteiger partial charge in [-0.25, -0.2) is 4.39 Å². The molecular formula is C25H25FN2O3. The summed E-state index contributed by atoms with van der Waals surface area (Å²) in [6.45, 7) is 6.27. The van der Waals surface area contributed by atoms with Crippen LogP contribution in [0.2, 0.25) is 0 Å². The number of aryl methyl sites for hydroxylation is 1. The second kappa shape index (κ2) is 10.4. The van der Waals surface area contributed by atoms with Gasteiger partial charge in [0.2, 0.25) is 5.91 Å². The van der Waals surface area contributed by atoms with E-state index in [9.17, 15) is 14.0 Å². The third kappa shape index (κ3) is 6.15. The van der Waals surface area contributed by atoms with Gasteiger partial charge in [-0.1, -0.05) is 36.4 Å². The quantitative estimate of drug-likeness (QED) is 0.476. The summed E-state index contributed by atoms with van der Waals surface area (Å²) < 4.78 is 18.9. The summed E-state index contributed by atoms with van der Waals surface area (Å²) in [5.41, 5.74) is 1.28. The molecule has 3 rings (SSSR count). The number of hydrogen-bond acceptors (Lipinski definition) is 3. The molecule has 2 amide bonds. The van der Waals surface area contributed by atoms with Gasteiger partial charge in [0.25, 0.3) is 5.91 Å². The van der Waals surface area contributed by atoms with Gasteiger partial charge in [0, 0.05) is 18.7 Å². The lowest BCUT2D eigenvalue weighted by molar-refractivity contribution is -0.133. The number of carbonyl (C=O) groups excluding carboxylic acids is 2. The molecular weight excluding hydrogens is 395 g/mol. The highest BCUT2D eigenvalue weighted by Crippen LogP contribution is 2.15. The minimum Gasteiger partial charge on any atom is -0.464 e. The molecule has 0 bridgehead atoms. The second-order valence-corrected chi connectivity index (χ2v) is 7.23. The van der Waals surface area contributed by atoms with Crippen molar-refractivity contribution >= 4 is 11.8 Å². The molecule has 0 aliphatic rings. The molecule has 0 N–H and O–H groups in total. The van der Waals surface area contributed by atoms with Gasteiger partial charge in [0.05, 0.1) is 6.54 Å². The first kappa shape index (κ1) is 22.0. The molecule has 2 aromatic carbocycles. The summed E-state index contributed by atoms with van der Waals surface area (Å²) >= 11 is 0. The van der Waals surface area contributed by atoms with Gasteiger partial charge in [-0.2, -0.15) is 0 Å². The Kier molecular flexibility index (Phi) is 7.38. The highest BCUT2D eigenvalue weighted by Gasteiger charge is 2.23. The average Bonchev–Trinajstić information content (AvgIpc) is 3.18. The summed E-state index contributed by atoms with van der Waals surface area (Å²) in [5, 5.41) is 0. The molecule has 31 heavy (non-hydrogen) atoms. The number of halogens is 1. The lowest BCUT2D eigenvalue weighted by Crippen LogP contribution is -2.42. The lowest BCUT2D eigenvalue weighted by Gasteiger charge is -2.27. The van der Waals surface area contributed by atoms with Gasteiger partial charge in [-0.15, -0.1) is 6.58 Å². The molecule has 0 fully saturated rings. The van der Waals surface area contributed by atoms with Gasteiger partial charge < -0.3 is 14.2 Å². The average molecular weight is 420 g/mol. The summed E-state index contributed by atoms with van der Waals surface area (Å²) in [4.78, 5) is 29.2. The zero-order valence-electron chi connectivity index (χ0n) is 17.5. The van der Waals surface area contributed by atoms with Gasteiger partial charge in [-0.05, 0) is 48.9 Å². The predicted octanol–water partition coefficient (Wildman–Crippen LogP) is 4.58. The van der Waals surface area contributed by atoms with Crippen molar-refractivity contribution in [1.82, 2.24) is 9.80 Å². The molecule has 0 atom stereocenters. The van der Waals surface area contributed by atoms with Crippen LogP contribution in [0, 0.1) is 12.7 Å². The van der Waals surface area contributed by atoms with E-state index in [-0.39, 0.29) is 31.4 Å². The van der Waals surface area contributed by atoms with Crippen LogP contribution in [-0.2, 0) is 17.9 Å². The Bertz CT molecular complexity index is 1030. The maximum atomic E-state index is 13.2. The van der Waals surface area contributed by atoms with E-state index in [1.807, 2.05) is 49.4 Å². The third-order valence-electron chi connectivity index (χ3n) is 4.77. The van der Waals surface area contributed by atoms with Crippen LogP contribution in [0.4, 0.5) is 4.39 Å². The molecule has 0 radical (unpaired) electrons. The van der Waals surface area contributed by atoms with E-state index in [0.717, 1.165) is 11.3 Å². The number of furan rings is 1. The van der Waals surface area contributed by atoms with Gasteiger partial charge in [0.15, 0.2) is 0 Å². The lowest BCUT2D eigenvalue weighted by atomic mass is 10.2. The Labute approximate surface area is 181 Å². The van der Waals surface area contributed by atoms with Crippen LogP contribution < -0.4 is 0 Å². The van der Waals surface area contributed by atoms with Crippen molar-refractivity contribution in [2.45, 2.75) is 20.0 Å². The largest absolute Gasteiger partial charge is 0.464 e. The zero-order valence-corrected chi connectivity index (χ0v) is 17.5. The molecule has 0 aliphatic heterocycles. The van der Waals surface area contributed by atoms with E-state index >= 15 is 0 Å². The third-order valence-corrected chi connectivity index (χ3v) is 4.77. The number of benzene rings is 2. The highest BCUT2D eigenvalue weighted by molar-refractivity contribution is 5.96. The molecule has 0 saturated carbocycles. The van der Waals surface area contributed by atoms with E-state index in [1.165, 1.54) is 29.2 Å². The Hall–Kier alpha value is -3.67. The van der Waals surface area contributed by atoms with Crippen LogP contribution in [0.5, 0.6) is 0 Å². The molecule has 1 aromatic heterocycles. The summed E-state index contributed by atoms with van der Waals surface area (Å²) in [7, 11) is 0.